The Kier molecular flexibility index (Phi) is 11.0. The number of hydrogen-bond donors (Lipinski definition) is 0. The molecule has 0 unspecified atom stereocenters. The summed E-state index contributed by atoms with van der Waals surface area (Å²) in [6.45, 7) is 5.66. The molecule has 0 aliphatic carbocycles. The summed E-state index contributed by atoms with van der Waals surface area (Å²) < 4.78 is 68.6. The van der Waals surface area contributed by atoms with Gasteiger partial charge >= 0.3 is 5.97 Å². The predicted octanol–water partition coefficient (Wildman–Crippen LogP) is 5.18. The highest BCUT2D eigenvalue weighted by atomic mass is 32.2. The fraction of sp³-hybridized carbons (Fsp3) is 0.441. The lowest BCUT2D eigenvalue weighted by Gasteiger charge is -2.44. The average molecular weight is 641 g/mol. The maximum absolute atomic E-state index is 13.3. The number of hydrogen-bond acceptors (Lipinski definition) is 10. The molecule has 2 aliphatic rings. The third-order valence-corrected chi connectivity index (χ3v) is 9.26. The third kappa shape index (κ3) is 8.56. The lowest BCUT2D eigenvalue weighted by atomic mass is 10.00. The monoisotopic (exact) mass is 640 g/mol. The first-order valence-corrected chi connectivity index (χ1v) is 16.4. The van der Waals surface area contributed by atoms with Crippen LogP contribution >= 0.6 is 0 Å². The molecule has 3 aromatic carbocycles. The lowest BCUT2D eigenvalue weighted by Crippen LogP contribution is -2.55. The first-order valence-electron chi connectivity index (χ1n) is 15.0. The van der Waals surface area contributed by atoms with Gasteiger partial charge in [0, 0.05) is 20.0 Å². The van der Waals surface area contributed by atoms with Crippen molar-refractivity contribution in [2.45, 2.75) is 94.3 Å². The zero-order chi connectivity index (χ0) is 32.0. The SMILES string of the molecule is CO[C@@H]1C[C@@H](O[C@H]2C[C@@H](OCc3ccccc3)[C@H](OC(=O)c3ccccc3)[C@@H](C)O2)[C@H](OS(=O)(=O)c2ccc(C)cc2)[C@@H](C)O1. The van der Waals surface area contributed by atoms with E-state index in [-0.39, 0.29) is 24.3 Å². The van der Waals surface area contributed by atoms with Crippen LogP contribution in [-0.2, 0) is 49.3 Å². The molecule has 3 aromatic rings. The third-order valence-electron chi connectivity index (χ3n) is 7.94. The molecule has 0 saturated carbocycles. The molecule has 11 heteroatoms. The molecule has 0 radical (unpaired) electrons. The molecule has 242 valence electrons. The van der Waals surface area contributed by atoms with E-state index in [0.29, 0.717) is 5.56 Å². The Bertz CT molecular complexity index is 1480. The molecular weight excluding hydrogens is 600 g/mol. The topological polar surface area (TPSA) is 116 Å². The van der Waals surface area contributed by atoms with Gasteiger partial charge in [-0.2, -0.15) is 8.42 Å². The lowest BCUT2D eigenvalue weighted by molar-refractivity contribution is -0.303. The Balaban J connectivity index is 1.34. The summed E-state index contributed by atoms with van der Waals surface area (Å²) in [6, 6.07) is 24.8. The fourth-order valence-corrected chi connectivity index (χ4v) is 6.64. The largest absolute Gasteiger partial charge is 0.453 e. The number of benzene rings is 3. The summed E-state index contributed by atoms with van der Waals surface area (Å²) >= 11 is 0. The molecule has 5 rings (SSSR count). The molecule has 2 aliphatic heterocycles. The molecule has 0 amide bonds. The van der Waals surface area contributed by atoms with Crippen LogP contribution in [0, 0.1) is 6.92 Å². The Morgan fingerprint density at radius 3 is 2.07 bits per heavy atom. The van der Waals surface area contributed by atoms with Crippen molar-refractivity contribution < 1.29 is 45.8 Å². The minimum atomic E-state index is -4.14. The van der Waals surface area contributed by atoms with E-state index in [1.807, 2.05) is 43.3 Å². The number of rotatable bonds is 11. The van der Waals surface area contributed by atoms with Crippen molar-refractivity contribution in [1.82, 2.24) is 0 Å². The van der Waals surface area contributed by atoms with Crippen LogP contribution in [0.25, 0.3) is 0 Å². The van der Waals surface area contributed by atoms with E-state index in [1.165, 1.54) is 19.2 Å². The summed E-state index contributed by atoms with van der Waals surface area (Å²) in [5, 5.41) is 0. The number of esters is 1. The summed E-state index contributed by atoms with van der Waals surface area (Å²) in [4.78, 5) is 13.1. The Morgan fingerprint density at radius 1 is 0.800 bits per heavy atom. The van der Waals surface area contributed by atoms with Crippen molar-refractivity contribution in [2.24, 2.45) is 0 Å². The van der Waals surface area contributed by atoms with Crippen LogP contribution in [0.4, 0.5) is 0 Å². The second kappa shape index (κ2) is 15.0. The van der Waals surface area contributed by atoms with E-state index in [0.717, 1.165) is 11.1 Å². The number of aryl methyl sites for hydroxylation is 1. The molecule has 8 atom stereocenters. The number of carbonyl (C=O) groups excluding carboxylic acids is 1. The molecule has 45 heavy (non-hydrogen) atoms. The zero-order valence-electron chi connectivity index (χ0n) is 25.8. The van der Waals surface area contributed by atoms with Gasteiger partial charge in [-0.25, -0.2) is 4.79 Å². The Morgan fingerprint density at radius 2 is 1.40 bits per heavy atom. The summed E-state index contributed by atoms with van der Waals surface area (Å²) in [5.41, 5.74) is 2.30. The van der Waals surface area contributed by atoms with Crippen LogP contribution in [0.2, 0.25) is 0 Å². The fourth-order valence-electron chi connectivity index (χ4n) is 5.49. The highest BCUT2D eigenvalue weighted by molar-refractivity contribution is 7.86. The maximum atomic E-state index is 13.3. The van der Waals surface area contributed by atoms with Gasteiger partial charge in [0.25, 0.3) is 10.1 Å². The van der Waals surface area contributed by atoms with Crippen LogP contribution in [-0.4, -0.2) is 70.7 Å². The summed E-state index contributed by atoms with van der Waals surface area (Å²) in [6.07, 6.45) is -5.41. The molecule has 2 saturated heterocycles. The van der Waals surface area contributed by atoms with Crippen LogP contribution in [0.3, 0.4) is 0 Å². The standard InChI is InChI=1S/C34H40O10S/c1-22-15-17-27(18-16-22)45(36,37)44-33-24(3)40-30(38-4)20-29(33)42-31-19-28(39-21-25-11-7-5-8-12-25)32(23(2)41-31)43-34(35)26-13-9-6-10-14-26/h5-18,23-24,28-33H,19-21H2,1-4H3/t23-,24-,28-,29-,30+,31+,32-,33-/m1/s1. The first-order chi connectivity index (χ1) is 21.6. The van der Waals surface area contributed by atoms with Gasteiger partial charge < -0.3 is 28.4 Å². The number of carbonyl (C=O) groups is 1. The van der Waals surface area contributed by atoms with Gasteiger partial charge in [0.1, 0.15) is 12.2 Å². The minimum Gasteiger partial charge on any atom is -0.453 e. The van der Waals surface area contributed by atoms with Crippen LogP contribution < -0.4 is 0 Å². The molecule has 2 fully saturated rings. The minimum absolute atomic E-state index is 0.0351. The van der Waals surface area contributed by atoms with Gasteiger partial charge in [0.15, 0.2) is 18.7 Å². The van der Waals surface area contributed by atoms with Gasteiger partial charge in [-0.05, 0) is 50.6 Å². The van der Waals surface area contributed by atoms with Crippen molar-refractivity contribution in [3.8, 4) is 0 Å². The van der Waals surface area contributed by atoms with Gasteiger partial charge in [0.2, 0.25) is 0 Å². The van der Waals surface area contributed by atoms with Crippen molar-refractivity contribution in [1.29, 1.82) is 0 Å². The summed E-state index contributed by atoms with van der Waals surface area (Å²) in [7, 11) is -2.63. The molecule has 10 nitrogen and oxygen atoms in total. The average Bonchev–Trinajstić information content (AvgIpc) is 3.04. The van der Waals surface area contributed by atoms with E-state index in [1.54, 1.807) is 50.2 Å². The zero-order valence-corrected chi connectivity index (χ0v) is 26.6. The number of ether oxygens (including phenoxy) is 6. The molecule has 2 heterocycles. The Labute approximate surface area is 264 Å². The second-order valence-electron chi connectivity index (χ2n) is 11.3. The molecule has 0 spiro atoms. The highest BCUT2D eigenvalue weighted by Crippen LogP contribution is 2.33. The molecule has 0 N–H and O–H groups in total. The van der Waals surface area contributed by atoms with Crippen molar-refractivity contribution in [2.75, 3.05) is 7.11 Å². The van der Waals surface area contributed by atoms with E-state index in [2.05, 4.69) is 0 Å². The summed E-state index contributed by atoms with van der Waals surface area (Å²) in [5.74, 6) is -0.486. The van der Waals surface area contributed by atoms with Gasteiger partial charge in [0.05, 0.1) is 35.4 Å². The van der Waals surface area contributed by atoms with Crippen molar-refractivity contribution in [3.63, 3.8) is 0 Å². The van der Waals surface area contributed by atoms with Crippen LogP contribution in [0.1, 0.15) is 48.2 Å². The maximum Gasteiger partial charge on any atom is 0.338 e. The van der Waals surface area contributed by atoms with Crippen molar-refractivity contribution >= 4 is 16.1 Å². The molecule has 0 aromatic heterocycles. The van der Waals surface area contributed by atoms with E-state index in [4.69, 9.17) is 32.6 Å². The van der Waals surface area contributed by atoms with Gasteiger partial charge in [-0.3, -0.25) is 4.18 Å². The second-order valence-corrected chi connectivity index (χ2v) is 12.9. The normalized spacial score (nSPS) is 28.8. The molecule has 0 bridgehead atoms. The highest BCUT2D eigenvalue weighted by Gasteiger charge is 2.46. The van der Waals surface area contributed by atoms with E-state index in [9.17, 15) is 13.2 Å². The van der Waals surface area contributed by atoms with Gasteiger partial charge in [-0.15, -0.1) is 0 Å². The van der Waals surface area contributed by atoms with Crippen molar-refractivity contribution in [3.05, 3.63) is 102 Å². The number of methoxy groups -OCH3 is 1. The Hall–Kier alpha value is -3.16. The van der Waals surface area contributed by atoms with Crippen LogP contribution in [0.5, 0.6) is 0 Å². The van der Waals surface area contributed by atoms with E-state index >= 15 is 0 Å². The smallest absolute Gasteiger partial charge is 0.338 e. The quantitative estimate of drug-likeness (QED) is 0.205. The van der Waals surface area contributed by atoms with Crippen LogP contribution in [0.15, 0.2) is 89.8 Å². The van der Waals surface area contributed by atoms with Gasteiger partial charge in [-0.1, -0.05) is 66.2 Å². The van der Waals surface area contributed by atoms with E-state index < -0.39 is 65.3 Å². The first kappa shape index (κ1) is 33.2. The molecular formula is C34H40O10S. The predicted molar refractivity (Wildman–Crippen MR) is 164 cm³/mol.